The number of halogens is 1. The topological polar surface area (TPSA) is 105 Å². The van der Waals surface area contributed by atoms with Gasteiger partial charge in [-0.2, -0.15) is 0 Å². The van der Waals surface area contributed by atoms with E-state index in [9.17, 15) is 22.4 Å². The molecule has 1 aliphatic heterocycles. The van der Waals surface area contributed by atoms with Gasteiger partial charge in [0.15, 0.2) is 11.5 Å². The number of carbonyl (C=O) groups is 2. The van der Waals surface area contributed by atoms with Crippen molar-refractivity contribution in [2.75, 3.05) is 23.9 Å². The number of ether oxygens (including phenoxy) is 2. The minimum atomic E-state index is -3.64. The lowest BCUT2D eigenvalue weighted by molar-refractivity contribution is -0.140. The van der Waals surface area contributed by atoms with Crippen LogP contribution in [0.1, 0.15) is 39.2 Å². The van der Waals surface area contributed by atoms with E-state index >= 15 is 0 Å². The summed E-state index contributed by atoms with van der Waals surface area (Å²) in [7, 11) is -3.64. The average molecular weight is 522 g/mol. The van der Waals surface area contributed by atoms with E-state index in [1.807, 2.05) is 13.8 Å². The predicted octanol–water partition coefficient (Wildman–Crippen LogP) is 3.04. The molecule has 1 atom stereocenters. The standard InChI is InChI=1S/C25H32FN3O6S/c1-17(2)27-25(31)18(3)28(15-19-7-9-20(26)10-8-19)24(30)6-5-13-29(36(4,32)33)21-11-12-22-23(14-21)35-16-34-22/h7-12,14,17-18H,5-6,13,15-16H2,1-4H3,(H,27,31)/t18-/m0/s1. The Labute approximate surface area is 211 Å². The maximum absolute atomic E-state index is 13.4. The van der Waals surface area contributed by atoms with Crippen LogP contribution in [0, 0.1) is 5.82 Å². The molecule has 0 aliphatic carbocycles. The fraction of sp³-hybridized carbons (Fsp3) is 0.440. The highest BCUT2D eigenvalue weighted by atomic mass is 32.2. The first-order valence-electron chi connectivity index (χ1n) is 11.7. The molecule has 0 radical (unpaired) electrons. The molecular weight excluding hydrogens is 489 g/mol. The van der Waals surface area contributed by atoms with Crippen LogP contribution >= 0.6 is 0 Å². The molecule has 9 nitrogen and oxygen atoms in total. The molecule has 196 valence electrons. The minimum absolute atomic E-state index is 0.0110. The predicted molar refractivity (Wildman–Crippen MR) is 134 cm³/mol. The number of carbonyl (C=O) groups excluding carboxylic acids is 2. The highest BCUT2D eigenvalue weighted by Crippen LogP contribution is 2.36. The van der Waals surface area contributed by atoms with Crippen molar-refractivity contribution in [1.29, 1.82) is 0 Å². The monoisotopic (exact) mass is 521 g/mol. The van der Waals surface area contributed by atoms with Crippen LogP contribution in [0.15, 0.2) is 42.5 Å². The Kier molecular flexibility index (Phi) is 8.78. The van der Waals surface area contributed by atoms with Crippen molar-refractivity contribution in [3.63, 3.8) is 0 Å². The van der Waals surface area contributed by atoms with Gasteiger partial charge in [0.1, 0.15) is 11.9 Å². The normalized spacial score (nSPS) is 13.4. The molecular formula is C25H32FN3O6S. The fourth-order valence-electron chi connectivity index (χ4n) is 3.82. The first kappa shape index (κ1) is 27.3. The van der Waals surface area contributed by atoms with E-state index in [2.05, 4.69) is 5.32 Å². The van der Waals surface area contributed by atoms with Crippen LogP contribution in [0.3, 0.4) is 0 Å². The Bertz CT molecular complexity index is 1190. The van der Waals surface area contributed by atoms with E-state index in [1.54, 1.807) is 37.3 Å². The first-order chi connectivity index (χ1) is 17.0. The molecule has 2 aromatic rings. The largest absolute Gasteiger partial charge is 0.454 e. The maximum atomic E-state index is 13.4. The van der Waals surface area contributed by atoms with Gasteiger partial charge < -0.3 is 19.7 Å². The number of nitrogens with zero attached hydrogens (tertiary/aromatic N) is 2. The fourth-order valence-corrected chi connectivity index (χ4v) is 4.78. The molecule has 3 rings (SSSR count). The molecule has 2 amide bonds. The molecule has 0 aromatic heterocycles. The van der Waals surface area contributed by atoms with Crippen LogP contribution in [0.2, 0.25) is 0 Å². The number of hydrogen-bond acceptors (Lipinski definition) is 6. The number of anilines is 1. The molecule has 2 aromatic carbocycles. The van der Waals surface area contributed by atoms with Crippen molar-refractivity contribution in [3.8, 4) is 11.5 Å². The summed E-state index contributed by atoms with van der Waals surface area (Å²) < 4.78 is 50.2. The van der Waals surface area contributed by atoms with Gasteiger partial charge >= 0.3 is 0 Å². The van der Waals surface area contributed by atoms with Crippen LogP contribution in [-0.4, -0.2) is 56.8 Å². The Morgan fingerprint density at radius 1 is 1.06 bits per heavy atom. The zero-order chi connectivity index (χ0) is 26.5. The lowest BCUT2D eigenvalue weighted by Crippen LogP contribution is -2.49. The number of benzene rings is 2. The molecule has 0 saturated heterocycles. The van der Waals surface area contributed by atoms with Gasteiger partial charge in [-0.1, -0.05) is 12.1 Å². The molecule has 0 saturated carbocycles. The summed E-state index contributed by atoms with van der Waals surface area (Å²) in [4.78, 5) is 27.3. The van der Waals surface area contributed by atoms with Crippen LogP contribution in [0.25, 0.3) is 0 Å². The van der Waals surface area contributed by atoms with Gasteiger partial charge in [-0.05, 0) is 57.0 Å². The van der Waals surface area contributed by atoms with E-state index in [-0.39, 0.29) is 50.6 Å². The summed E-state index contributed by atoms with van der Waals surface area (Å²) >= 11 is 0. The van der Waals surface area contributed by atoms with Crippen LogP contribution in [0.4, 0.5) is 10.1 Å². The third-order valence-corrected chi connectivity index (χ3v) is 6.85. The van der Waals surface area contributed by atoms with Crippen molar-refractivity contribution < 1.29 is 31.9 Å². The van der Waals surface area contributed by atoms with Crippen LogP contribution < -0.4 is 19.1 Å². The van der Waals surface area contributed by atoms with Crippen molar-refractivity contribution in [3.05, 3.63) is 53.8 Å². The Balaban J connectivity index is 1.72. The van der Waals surface area contributed by atoms with Crippen molar-refractivity contribution in [2.45, 2.75) is 52.2 Å². The van der Waals surface area contributed by atoms with E-state index in [0.717, 1.165) is 6.26 Å². The third kappa shape index (κ3) is 7.09. The Hall–Kier alpha value is -3.34. The number of fused-ring (bicyclic) bond motifs is 1. The summed E-state index contributed by atoms with van der Waals surface area (Å²) in [5.41, 5.74) is 1.08. The number of hydrogen-bond donors (Lipinski definition) is 1. The third-order valence-electron chi connectivity index (χ3n) is 5.66. The number of amides is 2. The Morgan fingerprint density at radius 3 is 2.36 bits per heavy atom. The second-order valence-electron chi connectivity index (χ2n) is 8.96. The van der Waals surface area contributed by atoms with Gasteiger partial charge in [-0.15, -0.1) is 0 Å². The average Bonchev–Trinajstić information content (AvgIpc) is 3.27. The summed E-state index contributed by atoms with van der Waals surface area (Å²) in [5, 5.41) is 2.81. The van der Waals surface area contributed by atoms with E-state index in [1.165, 1.54) is 21.3 Å². The van der Waals surface area contributed by atoms with Gasteiger partial charge in [-0.3, -0.25) is 13.9 Å². The summed E-state index contributed by atoms with van der Waals surface area (Å²) in [5.74, 6) is -0.0322. The Morgan fingerprint density at radius 2 is 1.72 bits per heavy atom. The summed E-state index contributed by atoms with van der Waals surface area (Å²) in [6.07, 6.45) is 1.33. The lowest BCUT2D eigenvalue weighted by Gasteiger charge is -2.30. The van der Waals surface area contributed by atoms with Crippen molar-refractivity contribution in [2.24, 2.45) is 0 Å². The van der Waals surface area contributed by atoms with E-state index in [0.29, 0.717) is 22.7 Å². The van der Waals surface area contributed by atoms with Gasteiger partial charge in [0.25, 0.3) is 0 Å². The highest BCUT2D eigenvalue weighted by molar-refractivity contribution is 7.92. The van der Waals surface area contributed by atoms with Crippen LogP contribution in [0.5, 0.6) is 11.5 Å². The van der Waals surface area contributed by atoms with Crippen LogP contribution in [-0.2, 0) is 26.2 Å². The molecule has 1 aliphatic rings. The highest BCUT2D eigenvalue weighted by Gasteiger charge is 2.27. The molecule has 1 heterocycles. The summed E-state index contributed by atoms with van der Waals surface area (Å²) in [6, 6.07) is 9.69. The first-order valence-corrected chi connectivity index (χ1v) is 13.5. The lowest BCUT2D eigenvalue weighted by atomic mass is 10.1. The van der Waals surface area contributed by atoms with Gasteiger partial charge in [-0.25, -0.2) is 12.8 Å². The molecule has 11 heteroatoms. The van der Waals surface area contributed by atoms with Gasteiger partial charge in [0.2, 0.25) is 28.6 Å². The molecule has 1 N–H and O–H groups in total. The van der Waals surface area contributed by atoms with Gasteiger partial charge in [0, 0.05) is 31.6 Å². The number of nitrogens with one attached hydrogen (secondary N) is 1. The van der Waals surface area contributed by atoms with E-state index in [4.69, 9.17) is 9.47 Å². The van der Waals surface area contributed by atoms with Gasteiger partial charge in [0.05, 0.1) is 11.9 Å². The number of rotatable bonds is 11. The molecule has 0 spiro atoms. The molecule has 0 unspecified atom stereocenters. The SMILES string of the molecule is CC(C)NC(=O)[C@H](C)N(Cc1ccc(F)cc1)C(=O)CCCN(c1ccc2c(c1)OCO2)S(C)(=O)=O. The summed E-state index contributed by atoms with van der Waals surface area (Å²) in [6.45, 7) is 5.53. The van der Waals surface area contributed by atoms with Crippen molar-refractivity contribution >= 4 is 27.5 Å². The molecule has 0 bridgehead atoms. The smallest absolute Gasteiger partial charge is 0.242 e. The molecule has 0 fully saturated rings. The quantitative estimate of drug-likeness (QED) is 0.487. The van der Waals surface area contributed by atoms with Crippen molar-refractivity contribution in [1.82, 2.24) is 10.2 Å². The molecule has 36 heavy (non-hydrogen) atoms. The second-order valence-corrected chi connectivity index (χ2v) is 10.9. The number of sulfonamides is 1. The zero-order valence-electron chi connectivity index (χ0n) is 20.9. The zero-order valence-corrected chi connectivity index (χ0v) is 21.7. The maximum Gasteiger partial charge on any atom is 0.242 e. The minimum Gasteiger partial charge on any atom is -0.454 e. The van der Waals surface area contributed by atoms with E-state index < -0.39 is 21.9 Å². The second kappa shape index (κ2) is 11.6.